The summed E-state index contributed by atoms with van der Waals surface area (Å²) in [6, 6.07) is 1.56. The molecule has 1 aliphatic carbocycles. The van der Waals surface area contributed by atoms with Crippen molar-refractivity contribution in [2.75, 3.05) is 42.8 Å². The molecule has 29 heteroatoms. The van der Waals surface area contributed by atoms with E-state index < -0.39 is 101 Å². The molecule has 79 heavy (non-hydrogen) atoms. The summed E-state index contributed by atoms with van der Waals surface area (Å²) in [4.78, 5) is 157. The van der Waals surface area contributed by atoms with Crippen LogP contribution < -0.4 is 38.3 Å². The molecule has 5 heterocycles. The molecule has 422 valence electrons. The summed E-state index contributed by atoms with van der Waals surface area (Å²) in [7, 11) is 3.83. The maximum atomic E-state index is 14.1. The monoisotopic (exact) mass is 1130 g/mol. The number of aromatic amines is 1. The molecule has 0 spiro atoms. The Bertz CT molecular complexity index is 3100. The van der Waals surface area contributed by atoms with Gasteiger partial charge in [0.2, 0.25) is 17.6 Å². The minimum atomic E-state index is -1.52. The number of carbonyl (C=O) groups is 10. The number of methoxy groups -OCH3 is 1. The number of anilines is 2. The second-order valence-corrected chi connectivity index (χ2v) is 21.9. The third-order valence-electron chi connectivity index (χ3n) is 14.0. The molecule has 2 amide bonds. The molecule has 4 aliphatic rings. The van der Waals surface area contributed by atoms with Crippen molar-refractivity contribution in [3.05, 3.63) is 74.5 Å². The molecule has 0 bridgehead atoms. The summed E-state index contributed by atoms with van der Waals surface area (Å²) in [6.45, 7) is 3.28. The Morgan fingerprint density at radius 2 is 1.65 bits per heavy atom. The predicted molar refractivity (Wildman–Crippen MR) is 283 cm³/mol. The Morgan fingerprint density at radius 1 is 0.937 bits per heavy atom. The number of Topliss-reactive ketones (excluding diaryl/α,β-unsaturated/α-hetero) is 4. The Kier molecular flexibility index (Phi) is 19.0. The number of hydrogen-bond acceptors (Lipinski definition) is 23. The third-order valence-corrected chi connectivity index (χ3v) is 16.5. The fourth-order valence-electron chi connectivity index (χ4n) is 9.88. The van der Waals surface area contributed by atoms with Gasteiger partial charge >= 0.3 is 23.9 Å². The number of rotatable bonds is 30. The number of H-pyrrole nitrogens is 1. The number of nitrogens with zero attached hydrogens (tertiary/aromatic N) is 4. The minimum absolute atomic E-state index is 0.000317. The first-order valence-corrected chi connectivity index (χ1v) is 27.5. The molecular weight excluding hydrogens is 1070 g/mol. The van der Waals surface area contributed by atoms with E-state index in [-0.39, 0.29) is 109 Å². The lowest BCUT2D eigenvalue weighted by Gasteiger charge is -2.39. The summed E-state index contributed by atoms with van der Waals surface area (Å²) in [5, 5.41) is 40.4. The van der Waals surface area contributed by atoms with E-state index in [0.717, 1.165) is 10.8 Å². The number of carbonyl (C=O) groups excluding carboxylic acids is 7. The van der Waals surface area contributed by atoms with Gasteiger partial charge in [-0.2, -0.15) is 4.98 Å². The van der Waals surface area contributed by atoms with Gasteiger partial charge in [-0.05, 0) is 56.9 Å². The van der Waals surface area contributed by atoms with Crippen LogP contribution in [0.4, 0.5) is 11.6 Å². The number of ketones is 4. The summed E-state index contributed by atoms with van der Waals surface area (Å²) < 4.78 is 11.4. The molecule has 0 unspecified atom stereocenters. The van der Waals surface area contributed by atoms with Crippen LogP contribution in [0.1, 0.15) is 81.3 Å². The highest BCUT2D eigenvalue weighted by Gasteiger charge is 2.72. The third kappa shape index (κ3) is 13.6. The highest BCUT2D eigenvalue weighted by molar-refractivity contribution is 8.76. The maximum Gasteiger partial charge on any atom is 0.327 e. The van der Waals surface area contributed by atoms with Gasteiger partial charge in [0.05, 0.1) is 54.5 Å². The average molecular weight is 1130 g/mol. The lowest BCUT2D eigenvalue weighted by atomic mass is 9.79. The summed E-state index contributed by atoms with van der Waals surface area (Å²) in [5.74, 6) is -10.6. The number of nitrogens with two attached hydrogens (primary N) is 2. The van der Waals surface area contributed by atoms with E-state index in [1.807, 2.05) is 4.90 Å². The highest BCUT2D eigenvalue weighted by atomic mass is 33.1. The highest BCUT2D eigenvalue weighted by Crippen LogP contribution is 2.56. The molecule has 2 saturated heterocycles. The number of esters is 1. The van der Waals surface area contributed by atoms with Crippen LogP contribution >= 0.6 is 21.6 Å². The molecule has 1 aromatic carbocycles. The largest absolute Gasteiger partial charge is 0.481 e. The first kappa shape index (κ1) is 59.1. The molecule has 3 aliphatic heterocycles. The lowest BCUT2D eigenvalue weighted by molar-refractivity contribution is -0.156. The second-order valence-electron chi connectivity index (χ2n) is 19.3. The van der Waals surface area contributed by atoms with E-state index in [4.69, 9.17) is 20.9 Å². The van der Waals surface area contributed by atoms with Gasteiger partial charge in [-0.25, -0.2) is 19.6 Å². The summed E-state index contributed by atoms with van der Waals surface area (Å²) in [6.07, 6.45) is -0.675. The van der Waals surface area contributed by atoms with E-state index in [9.17, 15) is 68.1 Å². The Hall–Kier alpha value is -7.60. The average Bonchev–Trinajstić information content (AvgIpc) is 3.78. The Balaban J connectivity index is 0.822. The number of amides is 2. The smallest absolute Gasteiger partial charge is 0.327 e. The maximum absolute atomic E-state index is 14.1. The molecule has 27 nitrogen and oxygen atoms in total. The number of aliphatic carboxylic acids is 3. The fourth-order valence-corrected chi connectivity index (χ4v) is 12.1. The molecular formula is C50H59N11O16S2. The number of ether oxygens (including phenoxy) is 2. The van der Waals surface area contributed by atoms with E-state index in [1.54, 1.807) is 19.1 Å². The van der Waals surface area contributed by atoms with Crippen LogP contribution in [0.3, 0.4) is 0 Å². The van der Waals surface area contributed by atoms with E-state index >= 15 is 0 Å². The molecule has 2 aromatic heterocycles. The molecule has 12 N–H and O–H groups in total. The number of fused-ring (bicyclic) bond motifs is 5. The Labute approximate surface area is 457 Å². The first-order chi connectivity index (χ1) is 37.5. The minimum Gasteiger partial charge on any atom is -0.481 e. The van der Waals surface area contributed by atoms with Gasteiger partial charge in [-0.1, -0.05) is 21.6 Å². The molecule has 8 atom stereocenters. The molecule has 7 rings (SSSR count). The van der Waals surface area contributed by atoms with Crippen LogP contribution in [-0.2, 0) is 59.2 Å². The first-order valence-electron chi connectivity index (χ1n) is 25.0. The zero-order valence-electron chi connectivity index (χ0n) is 43.0. The number of piperazine rings is 1. The standard InChI is InChI=1S/C50H59N11O16S2/c1-22-29(41(68)37-30(20-77-23(2)62)50(76-3)42-33(56-42)19-61(50)39(37)40(22)67)5-4-14-78-79-21-34(48(74)75)58-45(70)25(16-36(65)66)15-35(64)31(51)12-10-28(63)11-13-32(47(72)73)57-44(69)24-6-8-26(9-7-24)53-17-27-18-54-43-38(55-27)46(71)60-49(52)59-43/h6-9,18,25,30-34,42,53,56H,4-5,10-17,19-21,51H2,1-3H3,(H,57,69)(H,58,70)(H,65,66)(H,72,73)(H,74,75)(H3,52,54,59,60,71)/t25-,30-,31-,32-,33+,34-,42+,50-/m1/s1. The fraction of sp³-hybridized carbons (Fsp3) is 0.480. The number of nitrogen functional groups attached to an aromatic ring is 1. The molecule has 0 saturated carbocycles. The van der Waals surface area contributed by atoms with Crippen LogP contribution in [0.25, 0.3) is 11.2 Å². The molecule has 0 radical (unpaired) electrons. The van der Waals surface area contributed by atoms with Crippen molar-refractivity contribution in [3.8, 4) is 0 Å². The molecule has 2 fully saturated rings. The van der Waals surface area contributed by atoms with E-state index in [0.29, 0.717) is 41.2 Å². The lowest BCUT2D eigenvalue weighted by Crippen LogP contribution is -2.55. The predicted octanol–water partition coefficient (Wildman–Crippen LogP) is 0.242. The van der Waals surface area contributed by atoms with Gasteiger partial charge in [-0.3, -0.25) is 48.1 Å². The van der Waals surface area contributed by atoms with Crippen LogP contribution in [-0.4, -0.2) is 167 Å². The number of carboxylic acids is 3. The van der Waals surface area contributed by atoms with Crippen molar-refractivity contribution < 1.29 is 72.7 Å². The SMILES string of the molecule is CO[C@@]12[C@H](COC(C)=O)C3=C(C(=O)C(C)=C(CCCSSC[C@@H](NC(=O)[C@@H](CC(=O)O)CC(=O)[C@H](N)CCC(=O)CC[C@@H](NC(=O)c4ccc(NCc5cnc6nc(N)[nH]c(=O)c6n5)cc4)C(=O)O)C(=O)O)C3=O)N1C[C@@H]1N[C@@H]12. The van der Waals surface area contributed by atoms with Crippen LogP contribution in [0.2, 0.25) is 0 Å². The number of nitrogens with one attached hydrogen (secondary N) is 5. The topological polar surface area (TPSA) is 435 Å². The number of benzene rings is 1. The number of aromatic nitrogens is 4. The van der Waals surface area contributed by atoms with Crippen LogP contribution in [0.15, 0.2) is 57.7 Å². The van der Waals surface area contributed by atoms with Gasteiger partial charge in [0, 0.05) is 85.4 Å². The van der Waals surface area contributed by atoms with Gasteiger partial charge in [0.1, 0.15) is 30.3 Å². The number of allylic oxidation sites excluding steroid dienone is 2. The number of carboxylic acid groups (broad SMARTS) is 3. The Morgan fingerprint density at radius 3 is 2.32 bits per heavy atom. The van der Waals surface area contributed by atoms with Gasteiger partial charge in [0.15, 0.2) is 22.7 Å². The molecule has 3 aromatic rings. The van der Waals surface area contributed by atoms with Crippen molar-refractivity contribution in [1.29, 1.82) is 0 Å². The van der Waals surface area contributed by atoms with Crippen molar-refractivity contribution in [2.24, 2.45) is 17.6 Å². The number of hydrogen-bond donors (Lipinski definition) is 10. The van der Waals surface area contributed by atoms with Gasteiger partial charge in [0.25, 0.3) is 11.5 Å². The summed E-state index contributed by atoms with van der Waals surface area (Å²) in [5.41, 5.74) is 12.2. The van der Waals surface area contributed by atoms with Crippen molar-refractivity contribution in [3.63, 3.8) is 0 Å². The zero-order chi connectivity index (χ0) is 57.5. The van der Waals surface area contributed by atoms with Crippen molar-refractivity contribution in [1.82, 2.24) is 40.8 Å². The van der Waals surface area contributed by atoms with E-state index in [2.05, 4.69) is 41.2 Å². The van der Waals surface area contributed by atoms with Crippen LogP contribution in [0, 0.1) is 11.8 Å². The second kappa shape index (κ2) is 25.5. The van der Waals surface area contributed by atoms with Crippen LogP contribution in [0.5, 0.6) is 0 Å². The van der Waals surface area contributed by atoms with Crippen molar-refractivity contribution in [2.45, 2.75) is 108 Å². The zero-order valence-corrected chi connectivity index (χ0v) is 44.7. The normalized spacial score (nSPS) is 20.6. The van der Waals surface area contributed by atoms with E-state index in [1.165, 1.54) is 43.2 Å². The van der Waals surface area contributed by atoms with Gasteiger partial charge < -0.3 is 62.4 Å². The van der Waals surface area contributed by atoms with Crippen molar-refractivity contribution >= 4 is 103 Å². The van der Waals surface area contributed by atoms with Gasteiger partial charge in [-0.15, -0.1) is 0 Å². The summed E-state index contributed by atoms with van der Waals surface area (Å²) >= 11 is 0. The quantitative estimate of drug-likeness (QED) is 0.0140.